The average Bonchev–Trinajstić information content (AvgIpc) is 2.87. The number of rotatable bonds is 4. The second-order valence-electron chi connectivity index (χ2n) is 4.98. The summed E-state index contributed by atoms with van der Waals surface area (Å²) in [6.45, 7) is 0. The molecule has 118 valence electrons. The third-order valence-electron chi connectivity index (χ3n) is 3.53. The van der Waals surface area contributed by atoms with Crippen molar-refractivity contribution in [3.8, 4) is 0 Å². The van der Waals surface area contributed by atoms with Crippen LogP contribution in [0.15, 0.2) is 75.5 Å². The first-order valence-electron chi connectivity index (χ1n) is 7.13. The van der Waals surface area contributed by atoms with Crippen molar-refractivity contribution >= 4 is 29.7 Å². The van der Waals surface area contributed by atoms with Gasteiger partial charge in [-0.1, -0.05) is 59.8 Å². The van der Waals surface area contributed by atoms with Gasteiger partial charge in [0.15, 0.2) is 5.78 Å². The molecule has 6 heteroatoms. The van der Waals surface area contributed by atoms with Crippen molar-refractivity contribution in [2.75, 3.05) is 0 Å². The predicted molar refractivity (Wildman–Crippen MR) is 92.1 cm³/mol. The number of nitrogens with zero attached hydrogens (tertiary/aromatic N) is 3. The lowest BCUT2D eigenvalue weighted by Gasteiger charge is -1.97. The molecule has 0 amide bonds. The van der Waals surface area contributed by atoms with Crippen LogP contribution in [0.3, 0.4) is 0 Å². The van der Waals surface area contributed by atoms with E-state index in [2.05, 4.69) is 15.4 Å². The third-order valence-corrected chi connectivity index (χ3v) is 3.53. The van der Waals surface area contributed by atoms with E-state index >= 15 is 0 Å². The Morgan fingerprint density at radius 3 is 2.29 bits per heavy atom. The lowest BCUT2D eigenvalue weighted by molar-refractivity contribution is 0.104. The standard InChI is InChI=1S/C18H13N3O3/c22-17-13-8-4-5-9-14(13)18(23)15(17)10-19-21-16(11-20-24)12-6-2-1-3-7-12/h1-11,22,24H/b19-10+,20-11+,21-16+. The lowest BCUT2D eigenvalue weighted by Crippen LogP contribution is -2.03. The third kappa shape index (κ3) is 2.85. The number of carbonyl (C=O) groups excluding carboxylic acids is 1. The Labute approximate surface area is 137 Å². The highest BCUT2D eigenvalue weighted by Gasteiger charge is 2.27. The van der Waals surface area contributed by atoms with Crippen LogP contribution in [-0.2, 0) is 0 Å². The van der Waals surface area contributed by atoms with Crippen molar-refractivity contribution < 1.29 is 15.1 Å². The van der Waals surface area contributed by atoms with Crippen LogP contribution in [0.5, 0.6) is 0 Å². The number of aliphatic hydroxyl groups is 1. The number of ketones is 1. The fourth-order valence-corrected chi connectivity index (χ4v) is 2.38. The summed E-state index contributed by atoms with van der Waals surface area (Å²) in [7, 11) is 0. The topological polar surface area (TPSA) is 94.6 Å². The Morgan fingerprint density at radius 1 is 0.958 bits per heavy atom. The number of benzene rings is 2. The van der Waals surface area contributed by atoms with Crippen LogP contribution in [0.25, 0.3) is 5.76 Å². The summed E-state index contributed by atoms with van der Waals surface area (Å²) in [5, 5.41) is 29.7. The van der Waals surface area contributed by atoms with E-state index in [9.17, 15) is 9.90 Å². The number of Topliss-reactive ketones (excluding diaryl/α,β-unsaturated/α-hetero) is 1. The molecule has 6 nitrogen and oxygen atoms in total. The Morgan fingerprint density at radius 2 is 1.62 bits per heavy atom. The van der Waals surface area contributed by atoms with Crippen LogP contribution in [0.4, 0.5) is 0 Å². The summed E-state index contributed by atoms with van der Waals surface area (Å²) in [6, 6.07) is 15.8. The zero-order chi connectivity index (χ0) is 16.9. The first-order valence-corrected chi connectivity index (χ1v) is 7.13. The van der Waals surface area contributed by atoms with E-state index in [1.165, 1.54) is 6.21 Å². The quantitative estimate of drug-likeness (QED) is 0.515. The smallest absolute Gasteiger partial charge is 0.199 e. The van der Waals surface area contributed by atoms with Gasteiger partial charge < -0.3 is 10.3 Å². The number of carbonyl (C=O) groups is 1. The second kappa shape index (κ2) is 6.70. The maximum atomic E-state index is 12.3. The Hall–Kier alpha value is -3.54. The summed E-state index contributed by atoms with van der Waals surface area (Å²) in [5.74, 6) is -0.425. The molecule has 1 aliphatic rings. The van der Waals surface area contributed by atoms with Gasteiger partial charge in [0.2, 0.25) is 0 Å². The lowest BCUT2D eigenvalue weighted by atomic mass is 10.1. The van der Waals surface area contributed by atoms with E-state index in [0.717, 1.165) is 6.21 Å². The van der Waals surface area contributed by atoms with Crippen molar-refractivity contribution in [1.82, 2.24) is 0 Å². The zero-order valence-corrected chi connectivity index (χ0v) is 12.5. The minimum absolute atomic E-state index is 0.0771. The molecule has 0 bridgehead atoms. The van der Waals surface area contributed by atoms with Gasteiger partial charge in [0.25, 0.3) is 0 Å². The molecule has 3 rings (SSSR count). The molecule has 2 aromatic rings. The number of oxime groups is 1. The average molecular weight is 319 g/mol. The number of aliphatic hydroxyl groups excluding tert-OH is 1. The molecule has 0 unspecified atom stereocenters. The molecule has 0 radical (unpaired) electrons. The first-order chi connectivity index (χ1) is 11.7. The van der Waals surface area contributed by atoms with Crippen LogP contribution < -0.4 is 0 Å². The molecule has 0 heterocycles. The Balaban J connectivity index is 1.91. The highest BCUT2D eigenvalue weighted by atomic mass is 16.4. The predicted octanol–water partition coefficient (Wildman–Crippen LogP) is 3.09. The number of hydrogen-bond acceptors (Lipinski definition) is 6. The van der Waals surface area contributed by atoms with Gasteiger partial charge in [0.05, 0.1) is 18.0 Å². The monoisotopic (exact) mass is 319 g/mol. The van der Waals surface area contributed by atoms with Crippen LogP contribution in [0.2, 0.25) is 0 Å². The molecule has 24 heavy (non-hydrogen) atoms. The number of fused-ring (bicyclic) bond motifs is 1. The molecular formula is C18H13N3O3. The van der Waals surface area contributed by atoms with E-state index in [-0.39, 0.29) is 17.1 Å². The van der Waals surface area contributed by atoms with Crippen molar-refractivity contribution in [2.24, 2.45) is 15.4 Å². The van der Waals surface area contributed by atoms with E-state index in [4.69, 9.17) is 5.21 Å². The molecule has 2 N–H and O–H groups in total. The highest BCUT2D eigenvalue weighted by molar-refractivity contribution is 6.38. The normalized spacial score (nSPS) is 14.8. The van der Waals surface area contributed by atoms with Crippen LogP contribution in [0.1, 0.15) is 21.5 Å². The van der Waals surface area contributed by atoms with Crippen LogP contribution in [0, 0.1) is 0 Å². The molecule has 0 fully saturated rings. The van der Waals surface area contributed by atoms with E-state index < -0.39 is 0 Å². The van der Waals surface area contributed by atoms with E-state index in [0.29, 0.717) is 22.4 Å². The van der Waals surface area contributed by atoms with Gasteiger partial charge in [-0.15, -0.1) is 5.10 Å². The molecular weight excluding hydrogens is 306 g/mol. The highest BCUT2D eigenvalue weighted by Crippen LogP contribution is 2.29. The van der Waals surface area contributed by atoms with Crippen LogP contribution in [-0.4, -0.2) is 34.2 Å². The minimum Gasteiger partial charge on any atom is -0.506 e. The van der Waals surface area contributed by atoms with Crippen molar-refractivity contribution in [3.63, 3.8) is 0 Å². The first kappa shape index (κ1) is 15.4. The molecule has 0 atom stereocenters. The zero-order valence-electron chi connectivity index (χ0n) is 12.5. The maximum absolute atomic E-state index is 12.3. The summed E-state index contributed by atoms with van der Waals surface area (Å²) in [4.78, 5) is 12.3. The molecule has 0 spiro atoms. The van der Waals surface area contributed by atoms with Crippen molar-refractivity contribution in [3.05, 3.63) is 76.9 Å². The maximum Gasteiger partial charge on any atom is 0.199 e. The fourth-order valence-electron chi connectivity index (χ4n) is 2.38. The summed E-state index contributed by atoms with van der Waals surface area (Å²) < 4.78 is 0. The summed E-state index contributed by atoms with van der Waals surface area (Å²) in [5.41, 5.74) is 2.01. The van der Waals surface area contributed by atoms with Gasteiger partial charge in [-0.05, 0) is 0 Å². The second-order valence-corrected chi connectivity index (χ2v) is 4.98. The van der Waals surface area contributed by atoms with Gasteiger partial charge >= 0.3 is 0 Å². The summed E-state index contributed by atoms with van der Waals surface area (Å²) in [6.07, 6.45) is 2.35. The minimum atomic E-state index is -0.306. The Kier molecular flexibility index (Phi) is 4.29. The van der Waals surface area contributed by atoms with Gasteiger partial charge in [0, 0.05) is 16.7 Å². The van der Waals surface area contributed by atoms with Gasteiger partial charge in [-0.2, -0.15) is 5.10 Å². The van der Waals surface area contributed by atoms with Crippen molar-refractivity contribution in [2.45, 2.75) is 0 Å². The molecule has 2 aromatic carbocycles. The largest absolute Gasteiger partial charge is 0.506 e. The van der Waals surface area contributed by atoms with Gasteiger partial charge in [-0.3, -0.25) is 4.79 Å². The van der Waals surface area contributed by atoms with E-state index in [1.807, 2.05) is 18.2 Å². The molecule has 0 saturated heterocycles. The molecule has 0 saturated carbocycles. The molecule has 1 aliphatic carbocycles. The summed E-state index contributed by atoms with van der Waals surface area (Å²) >= 11 is 0. The van der Waals surface area contributed by atoms with Gasteiger partial charge in [-0.25, -0.2) is 0 Å². The molecule has 0 aliphatic heterocycles. The Bertz CT molecular complexity index is 897. The number of hydrogen-bond donors (Lipinski definition) is 2. The van der Waals surface area contributed by atoms with Crippen LogP contribution >= 0.6 is 0 Å². The van der Waals surface area contributed by atoms with Gasteiger partial charge in [0.1, 0.15) is 11.5 Å². The fraction of sp³-hybridized carbons (Fsp3) is 0. The molecule has 0 aromatic heterocycles. The number of allylic oxidation sites excluding steroid dienone is 1. The van der Waals surface area contributed by atoms with E-state index in [1.54, 1.807) is 36.4 Å². The SMILES string of the molecule is O=C1C(/C=N/N=C(\C=N\O)c2ccccc2)=C(O)c2ccccc21. The van der Waals surface area contributed by atoms with Crippen molar-refractivity contribution in [1.29, 1.82) is 0 Å².